The predicted octanol–water partition coefficient (Wildman–Crippen LogP) is 4.15. The van der Waals surface area contributed by atoms with Gasteiger partial charge in [0, 0.05) is 0 Å². The summed E-state index contributed by atoms with van der Waals surface area (Å²) in [6.07, 6.45) is 13.0. The lowest BCUT2D eigenvalue weighted by molar-refractivity contribution is 0.341. The molecule has 0 aromatic heterocycles. The molecule has 2 heteroatoms. The molecule has 0 bridgehead atoms. The van der Waals surface area contributed by atoms with E-state index >= 15 is 0 Å². The number of halogens is 1. The van der Waals surface area contributed by atoms with Gasteiger partial charge in [0.05, 0.1) is 0 Å². The maximum Gasteiger partial charge on any atom is -0.000473 e. The van der Waals surface area contributed by atoms with E-state index in [0.29, 0.717) is 0 Å². The molecule has 0 atom stereocenters. The highest BCUT2D eigenvalue weighted by atomic mass is 127. The van der Waals surface area contributed by atoms with Crippen LogP contribution in [0.3, 0.4) is 0 Å². The van der Waals surface area contributed by atoms with E-state index in [0.717, 1.165) is 5.92 Å². The fraction of sp³-hybridized carbons (Fsp3) is 1.00. The van der Waals surface area contributed by atoms with Crippen LogP contribution in [0, 0.1) is 5.92 Å². The zero-order valence-corrected chi connectivity index (χ0v) is 12.1. The normalized spacial score (nSPS) is 18.2. The first-order valence-electron chi connectivity index (χ1n) is 6.70. The van der Waals surface area contributed by atoms with Gasteiger partial charge in [0.25, 0.3) is 0 Å². The van der Waals surface area contributed by atoms with Crippen LogP contribution in [-0.2, 0) is 0 Å². The Hall–Kier alpha value is 0.690. The summed E-state index contributed by atoms with van der Waals surface area (Å²) in [5, 5.41) is 3.63. The maximum absolute atomic E-state index is 3.63. The summed E-state index contributed by atoms with van der Waals surface area (Å²) in [5.74, 6) is 0.994. The van der Waals surface area contributed by atoms with E-state index in [9.17, 15) is 0 Å². The molecule has 1 rings (SSSR count). The second-order valence-electron chi connectivity index (χ2n) is 4.81. The van der Waals surface area contributed by atoms with E-state index in [1.807, 2.05) is 0 Å². The van der Waals surface area contributed by atoms with Crippen molar-refractivity contribution in [1.29, 1.82) is 0 Å². The fourth-order valence-corrected chi connectivity index (χ4v) is 2.93. The molecule has 0 spiro atoms. The van der Waals surface area contributed by atoms with Gasteiger partial charge in [0.15, 0.2) is 0 Å². The average Bonchev–Trinajstić information content (AvgIpc) is 2.29. The minimum absolute atomic E-state index is 0.994. The summed E-state index contributed by atoms with van der Waals surface area (Å²) in [7, 11) is 0. The smallest absolute Gasteiger partial charge is 0.000473 e. The van der Waals surface area contributed by atoms with E-state index in [1.165, 1.54) is 75.3 Å². The van der Waals surface area contributed by atoms with Gasteiger partial charge in [-0.2, -0.15) is 0 Å². The molecule has 1 N–H and O–H groups in total. The minimum atomic E-state index is 0.994. The predicted molar refractivity (Wildman–Crippen MR) is 76.8 cm³/mol. The first-order valence-corrected chi connectivity index (χ1v) is 8.22. The molecule has 0 aromatic carbocycles. The van der Waals surface area contributed by atoms with Crippen molar-refractivity contribution in [1.82, 2.24) is 5.32 Å². The van der Waals surface area contributed by atoms with E-state index in [1.54, 1.807) is 0 Å². The largest absolute Gasteiger partial charge is 0.316 e. The SMILES string of the molecule is ICCCCCCNCC1CCCCC1. The fourth-order valence-electron chi connectivity index (χ4n) is 2.40. The summed E-state index contributed by atoms with van der Waals surface area (Å²) in [6, 6.07) is 0. The average molecular weight is 323 g/mol. The van der Waals surface area contributed by atoms with Gasteiger partial charge in [-0.05, 0) is 49.1 Å². The van der Waals surface area contributed by atoms with Crippen LogP contribution in [0.1, 0.15) is 57.8 Å². The van der Waals surface area contributed by atoms with E-state index in [4.69, 9.17) is 0 Å². The first kappa shape index (κ1) is 13.8. The summed E-state index contributed by atoms with van der Waals surface area (Å²) in [5.41, 5.74) is 0. The standard InChI is InChI=1S/C13H26IN/c14-10-6-1-2-7-11-15-12-13-8-4-3-5-9-13/h13,15H,1-12H2. The van der Waals surface area contributed by atoms with Gasteiger partial charge >= 0.3 is 0 Å². The number of unbranched alkanes of at least 4 members (excludes halogenated alkanes) is 3. The molecule has 0 aromatic rings. The third-order valence-electron chi connectivity index (χ3n) is 3.39. The molecule has 0 saturated heterocycles. The minimum Gasteiger partial charge on any atom is -0.316 e. The highest BCUT2D eigenvalue weighted by molar-refractivity contribution is 14.1. The van der Waals surface area contributed by atoms with Crippen molar-refractivity contribution < 1.29 is 0 Å². The van der Waals surface area contributed by atoms with Crippen molar-refractivity contribution in [2.75, 3.05) is 17.5 Å². The van der Waals surface area contributed by atoms with E-state index in [-0.39, 0.29) is 0 Å². The van der Waals surface area contributed by atoms with E-state index < -0.39 is 0 Å². The van der Waals surface area contributed by atoms with Crippen LogP contribution in [0.5, 0.6) is 0 Å². The monoisotopic (exact) mass is 323 g/mol. The molecule has 0 amide bonds. The quantitative estimate of drug-likeness (QED) is 0.402. The molecule has 0 radical (unpaired) electrons. The van der Waals surface area contributed by atoms with Crippen LogP contribution in [0.15, 0.2) is 0 Å². The third-order valence-corrected chi connectivity index (χ3v) is 4.16. The van der Waals surface area contributed by atoms with E-state index in [2.05, 4.69) is 27.9 Å². The Morgan fingerprint density at radius 3 is 2.40 bits per heavy atom. The second kappa shape index (κ2) is 9.88. The van der Waals surface area contributed by atoms with Gasteiger partial charge in [-0.3, -0.25) is 0 Å². The summed E-state index contributed by atoms with van der Waals surface area (Å²) in [4.78, 5) is 0. The van der Waals surface area contributed by atoms with Gasteiger partial charge in [-0.15, -0.1) is 0 Å². The van der Waals surface area contributed by atoms with Crippen LogP contribution in [0.4, 0.5) is 0 Å². The lowest BCUT2D eigenvalue weighted by Gasteiger charge is -2.21. The maximum atomic E-state index is 3.63. The van der Waals surface area contributed by atoms with Crippen molar-refractivity contribution >= 4 is 22.6 Å². The zero-order valence-electron chi connectivity index (χ0n) is 9.94. The highest BCUT2D eigenvalue weighted by Gasteiger charge is 2.11. The number of hydrogen-bond donors (Lipinski definition) is 1. The Labute approximate surface area is 109 Å². The van der Waals surface area contributed by atoms with Gasteiger partial charge in [0.1, 0.15) is 0 Å². The molecule has 1 nitrogen and oxygen atoms in total. The third kappa shape index (κ3) is 7.56. The Morgan fingerprint density at radius 2 is 1.67 bits per heavy atom. The van der Waals surface area contributed by atoms with Crippen molar-refractivity contribution in [3.63, 3.8) is 0 Å². The molecule has 90 valence electrons. The topological polar surface area (TPSA) is 12.0 Å². The molecule has 0 aliphatic heterocycles. The zero-order chi connectivity index (χ0) is 10.8. The lowest BCUT2D eigenvalue weighted by Crippen LogP contribution is -2.25. The van der Waals surface area contributed by atoms with Gasteiger partial charge in [-0.25, -0.2) is 0 Å². The lowest BCUT2D eigenvalue weighted by atomic mass is 9.89. The molecule has 1 aliphatic carbocycles. The highest BCUT2D eigenvalue weighted by Crippen LogP contribution is 2.22. The first-order chi connectivity index (χ1) is 7.43. The number of rotatable bonds is 8. The molecule has 1 aliphatic rings. The number of alkyl halides is 1. The van der Waals surface area contributed by atoms with Crippen LogP contribution in [0.2, 0.25) is 0 Å². The Bertz CT molecular complexity index is 132. The van der Waals surface area contributed by atoms with Crippen LogP contribution < -0.4 is 5.32 Å². The molecular weight excluding hydrogens is 297 g/mol. The summed E-state index contributed by atoms with van der Waals surface area (Å²) < 4.78 is 1.33. The van der Waals surface area contributed by atoms with Crippen molar-refractivity contribution in [3.8, 4) is 0 Å². The summed E-state index contributed by atoms with van der Waals surface area (Å²) in [6.45, 7) is 2.53. The Morgan fingerprint density at radius 1 is 0.933 bits per heavy atom. The molecule has 1 saturated carbocycles. The molecule has 0 heterocycles. The van der Waals surface area contributed by atoms with Crippen LogP contribution in [0.25, 0.3) is 0 Å². The van der Waals surface area contributed by atoms with Gasteiger partial charge in [0.2, 0.25) is 0 Å². The Balaban J connectivity index is 1.79. The van der Waals surface area contributed by atoms with Crippen LogP contribution >= 0.6 is 22.6 Å². The van der Waals surface area contributed by atoms with Crippen LogP contribution in [-0.4, -0.2) is 17.5 Å². The second-order valence-corrected chi connectivity index (χ2v) is 5.89. The van der Waals surface area contributed by atoms with Crippen molar-refractivity contribution in [3.05, 3.63) is 0 Å². The molecule has 1 fully saturated rings. The van der Waals surface area contributed by atoms with Crippen molar-refractivity contribution in [2.45, 2.75) is 57.8 Å². The van der Waals surface area contributed by atoms with Gasteiger partial charge < -0.3 is 5.32 Å². The Kier molecular flexibility index (Phi) is 9.06. The molecular formula is C13H26IN. The summed E-state index contributed by atoms with van der Waals surface area (Å²) >= 11 is 2.47. The van der Waals surface area contributed by atoms with Crippen molar-refractivity contribution in [2.24, 2.45) is 5.92 Å². The van der Waals surface area contributed by atoms with Gasteiger partial charge in [-0.1, -0.05) is 54.7 Å². The number of hydrogen-bond acceptors (Lipinski definition) is 1. The molecule has 15 heavy (non-hydrogen) atoms. The molecule has 0 unspecified atom stereocenters. The number of nitrogens with one attached hydrogen (secondary N) is 1.